The lowest BCUT2D eigenvalue weighted by atomic mass is 9.93. The van der Waals surface area contributed by atoms with Crippen molar-refractivity contribution in [1.82, 2.24) is 9.88 Å². The van der Waals surface area contributed by atoms with E-state index in [9.17, 15) is 9.59 Å². The second-order valence-corrected chi connectivity index (χ2v) is 6.23. The minimum absolute atomic E-state index is 0.0959. The summed E-state index contributed by atoms with van der Waals surface area (Å²) in [6.45, 7) is 4.19. The van der Waals surface area contributed by atoms with Gasteiger partial charge in [0.2, 0.25) is 5.91 Å². The molecule has 0 aromatic carbocycles. The fraction of sp³-hybridized carbons (Fsp3) is 0.615. The molecule has 1 aliphatic heterocycles. The number of likely N-dealkylation sites (tertiary alicyclic amines) is 1. The summed E-state index contributed by atoms with van der Waals surface area (Å²) in [7, 11) is 0. The molecule has 3 atom stereocenters. The zero-order valence-corrected chi connectivity index (χ0v) is 12.5. The minimum atomic E-state index is -0.343. The van der Waals surface area contributed by atoms with Crippen LogP contribution in [0.2, 0.25) is 0 Å². The molecule has 20 heavy (non-hydrogen) atoms. The zero-order chi connectivity index (χ0) is 14.9. The average Bonchev–Trinajstić information content (AvgIpc) is 2.88. The summed E-state index contributed by atoms with van der Waals surface area (Å²) in [4.78, 5) is 29.8. The number of piperidine rings is 1. The van der Waals surface area contributed by atoms with Crippen LogP contribution in [-0.2, 0) is 4.79 Å². The van der Waals surface area contributed by atoms with E-state index in [2.05, 4.69) is 4.98 Å². The van der Waals surface area contributed by atoms with Gasteiger partial charge in [0.25, 0.3) is 5.91 Å². The van der Waals surface area contributed by atoms with Crippen LogP contribution >= 0.6 is 11.3 Å². The first kappa shape index (κ1) is 14.9. The fourth-order valence-electron chi connectivity index (χ4n) is 2.36. The molecule has 7 heteroatoms. The van der Waals surface area contributed by atoms with Crippen molar-refractivity contribution in [2.75, 3.05) is 6.54 Å². The third-order valence-electron chi connectivity index (χ3n) is 3.68. The van der Waals surface area contributed by atoms with E-state index < -0.39 is 0 Å². The van der Waals surface area contributed by atoms with Crippen molar-refractivity contribution in [3.8, 4) is 0 Å². The largest absolute Gasteiger partial charge is 0.369 e. The van der Waals surface area contributed by atoms with Crippen molar-refractivity contribution in [2.45, 2.75) is 38.8 Å². The molecule has 6 nitrogen and oxygen atoms in total. The standard InChI is InChI=1S/C13H20N4O2S/c1-7-3-4-9(11(15)18)5-17(7)13(19)10-6-20-12(16-10)8(2)14/h6-9H,3-5,14H2,1-2H3,(H2,15,18). The van der Waals surface area contributed by atoms with Crippen molar-refractivity contribution in [3.63, 3.8) is 0 Å². The summed E-state index contributed by atoms with van der Waals surface area (Å²) < 4.78 is 0. The summed E-state index contributed by atoms with van der Waals surface area (Å²) >= 11 is 1.38. The van der Waals surface area contributed by atoms with Crippen LogP contribution in [0.5, 0.6) is 0 Å². The molecule has 0 radical (unpaired) electrons. The molecule has 1 saturated heterocycles. The summed E-state index contributed by atoms with van der Waals surface area (Å²) in [6, 6.07) is -0.0859. The molecule has 4 N–H and O–H groups in total. The van der Waals surface area contributed by atoms with Crippen LogP contribution in [0.4, 0.5) is 0 Å². The third kappa shape index (κ3) is 2.99. The maximum atomic E-state index is 12.5. The van der Waals surface area contributed by atoms with Crippen LogP contribution in [0.25, 0.3) is 0 Å². The molecular weight excluding hydrogens is 276 g/mol. The normalized spacial score (nSPS) is 24.4. The van der Waals surface area contributed by atoms with Gasteiger partial charge in [-0.2, -0.15) is 0 Å². The van der Waals surface area contributed by atoms with Crippen LogP contribution in [0, 0.1) is 5.92 Å². The molecular formula is C13H20N4O2S. The Morgan fingerprint density at radius 1 is 1.50 bits per heavy atom. The first-order valence-corrected chi connectivity index (χ1v) is 7.59. The van der Waals surface area contributed by atoms with Gasteiger partial charge in [-0.25, -0.2) is 4.98 Å². The number of thiazole rings is 1. The van der Waals surface area contributed by atoms with E-state index in [1.165, 1.54) is 11.3 Å². The summed E-state index contributed by atoms with van der Waals surface area (Å²) in [5.74, 6) is -0.752. The summed E-state index contributed by atoms with van der Waals surface area (Å²) in [6.07, 6.45) is 1.52. The molecule has 2 amide bonds. The number of hydrogen-bond donors (Lipinski definition) is 2. The van der Waals surface area contributed by atoms with E-state index in [0.29, 0.717) is 12.2 Å². The van der Waals surface area contributed by atoms with Crippen molar-refractivity contribution < 1.29 is 9.59 Å². The Morgan fingerprint density at radius 3 is 2.75 bits per heavy atom. The van der Waals surface area contributed by atoms with E-state index in [1.54, 1.807) is 10.3 Å². The van der Waals surface area contributed by atoms with Gasteiger partial charge in [-0.3, -0.25) is 9.59 Å². The predicted molar refractivity (Wildman–Crippen MR) is 77.1 cm³/mol. The zero-order valence-electron chi connectivity index (χ0n) is 11.7. The second kappa shape index (κ2) is 5.88. The number of primary amides is 1. The third-order valence-corrected chi connectivity index (χ3v) is 4.72. The van der Waals surface area contributed by atoms with Gasteiger partial charge in [-0.05, 0) is 26.7 Å². The summed E-state index contributed by atoms with van der Waals surface area (Å²) in [5, 5.41) is 2.46. The lowest BCUT2D eigenvalue weighted by Crippen LogP contribution is -2.48. The van der Waals surface area contributed by atoms with E-state index in [4.69, 9.17) is 11.5 Å². The van der Waals surface area contributed by atoms with E-state index in [0.717, 1.165) is 17.8 Å². The van der Waals surface area contributed by atoms with Crippen LogP contribution in [0.1, 0.15) is 48.2 Å². The van der Waals surface area contributed by atoms with Crippen molar-refractivity contribution >= 4 is 23.2 Å². The topological polar surface area (TPSA) is 102 Å². The van der Waals surface area contributed by atoms with E-state index in [1.807, 2.05) is 13.8 Å². The molecule has 1 aromatic rings. The predicted octanol–water partition coefficient (Wildman–Crippen LogP) is 0.889. The lowest BCUT2D eigenvalue weighted by Gasteiger charge is -2.36. The van der Waals surface area contributed by atoms with Crippen molar-refractivity contribution in [1.29, 1.82) is 0 Å². The smallest absolute Gasteiger partial charge is 0.273 e. The van der Waals surface area contributed by atoms with Crippen molar-refractivity contribution in [3.05, 3.63) is 16.1 Å². The molecule has 1 aliphatic rings. The van der Waals surface area contributed by atoms with E-state index in [-0.39, 0.29) is 29.8 Å². The first-order chi connectivity index (χ1) is 9.40. The highest BCUT2D eigenvalue weighted by molar-refractivity contribution is 7.09. The Kier molecular flexibility index (Phi) is 4.39. The number of carbonyl (C=O) groups excluding carboxylic acids is 2. The first-order valence-electron chi connectivity index (χ1n) is 6.71. The van der Waals surface area contributed by atoms with Crippen molar-refractivity contribution in [2.24, 2.45) is 17.4 Å². The van der Waals surface area contributed by atoms with Gasteiger partial charge >= 0.3 is 0 Å². The van der Waals surface area contributed by atoms with E-state index >= 15 is 0 Å². The summed E-state index contributed by atoms with van der Waals surface area (Å²) in [5.41, 5.74) is 11.5. The Hall–Kier alpha value is -1.47. The Bertz CT molecular complexity index is 514. The van der Waals surface area contributed by atoms with Gasteiger partial charge in [0.15, 0.2) is 0 Å². The average molecular weight is 296 g/mol. The fourth-order valence-corrected chi connectivity index (χ4v) is 3.12. The number of nitrogens with two attached hydrogens (primary N) is 2. The quantitative estimate of drug-likeness (QED) is 0.864. The van der Waals surface area contributed by atoms with Gasteiger partial charge in [0.1, 0.15) is 10.7 Å². The molecule has 2 rings (SSSR count). The minimum Gasteiger partial charge on any atom is -0.369 e. The molecule has 0 bridgehead atoms. The lowest BCUT2D eigenvalue weighted by molar-refractivity contribution is -0.123. The maximum absolute atomic E-state index is 12.5. The highest BCUT2D eigenvalue weighted by Crippen LogP contribution is 2.24. The highest BCUT2D eigenvalue weighted by atomic mass is 32.1. The van der Waals surface area contributed by atoms with Crippen LogP contribution in [-0.4, -0.2) is 34.3 Å². The molecule has 110 valence electrons. The number of carbonyl (C=O) groups is 2. The second-order valence-electron chi connectivity index (χ2n) is 5.34. The number of aromatic nitrogens is 1. The molecule has 3 unspecified atom stereocenters. The molecule has 2 heterocycles. The number of nitrogens with zero attached hydrogens (tertiary/aromatic N) is 2. The number of hydrogen-bond acceptors (Lipinski definition) is 5. The highest BCUT2D eigenvalue weighted by Gasteiger charge is 2.33. The number of rotatable bonds is 3. The van der Waals surface area contributed by atoms with Crippen LogP contribution in [0.3, 0.4) is 0 Å². The monoisotopic (exact) mass is 296 g/mol. The van der Waals surface area contributed by atoms with Gasteiger partial charge in [-0.15, -0.1) is 11.3 Å². The Morgan fingerprint density at radius 2 is 2.20 bits per heavy atom. The van der Waals surface area contributed by atoms with Gasteiger partial charge in [-0.1, -0.05) is 0 Å². The SMILES string of the molecule is CC(N)c1nc(C(=O)N2CC(C(N)=O)CCC2C)cs1. The molecule has 1 fully saturated rings. The molecule has 0 aliphatic carbocycles. The molecule has 0 spiro atoms. The maximum Gasteiger partial charge on any atom is 0.273 e. The molecule has 0 saturated carbocycles. The molecule has 1 aromatic heterocycles. The van der Waals surface area contributed by atoms with Crippen LogP contribution in [0.15, 0.2) is 5.38 Å². The Labute approximate surface area is 122 Å². The van der Waals surface area contributed by atoms with Gasteiger partial charge < -0.3 is 16.4 Å². The van der Waals surface area contributed by atoms with Gasteiger partial charge in [0, 0.05) is 18.0 Å². The van der Waals surface area contributed by atoms with Gasteiger partial charge in [0.05, 0.1) is 12.0 Å². The van der Waals surface area contributed by atoms with Crippen LogP contribution < -0.4 is 11.5 Å². The Balaban J connectivity index is 2.15. The number of amides is 2.